The van der Waals surface area contributed by atoms with Crippen LogP contribution in [0.3, 0.4) is 0 Å². The average Bonchev–Trinajstić information content (AvgIpc) is 2.29. The van der Waals surface area contributed by atoms with Gasteiger partial charge < -0.3 is 5.73 Å². The SMILES string of the molecule is NCc1c(F)cncc1C1CCC(=O)NC1=O. The van der Waals surface area contributed by atoms with E-state index < -0.39 is 17.6 Å². The fraction of sp³-hybridized carbons (Fsp3) is 0.364. The van der Waals surface area contributed by atoms with E-state index in [0.29, 0.717) is 12.0 Å². The van der Waals surface area contributed by atoms with Crippen molar-refractivity contribution in [2.24, 2.45) is 5.73 Å². The van der Waals surface area contributed by atoms with Gasteiger partial charge in [-0.15, -0.1) is 0 Å². The standard InChI is InChI=1S/C11H12FN3O2/c12-9-5-14-4-8(7(9)3-13)6-1-2-10(16)15-11(6)17/h4-6H,1-3,13H2,(H,15,16,17). The highest BCUT2D eigenvalue weighted by molar-refractivity contribution is 6.01. The molecule has 6 heteroatoms. The molecule has 0 aromatic carbocycles. The highest BCUT2D eigenvalue weighted by Crippen LogP contribution is 2.27. The number of pyridine rings is 1. The summed E-state index contributed by atoms with van der Waals surface area (Å²) in [6.45, 7) is 0.00140. The summed E-state index contributed by atoms with van der Waals surface area (Å²) in [6.07, 6.45) is 3.11. The minimum atomic E-state index is -0.547. The Bertz CT molecular complexity index is 476. The smallest absolute Gasteiger partial charge is 0.234 e. The summed E-state index contributed by atoms with van der Waals surface area (Å²) in [5.41, 5.74) is 6.22. The van der Waals surface area contributed by atoms with E-state index in [0.717, 1.165) is 6.20 Å². The second kappa shape index (κ2) is 4.58. The Hall–Kier alpha value is -1.82. The normalized spacial score (nSPS) is 20.2. The molecule has 1 aromatic rings. The lowest BCUT2D eigenvalue weighted by Crippen LogP contribution is -2.40. The van der Waals surface area contributed by atoms with Crippen LogP contribution in [0.4, 0.5) is 4.39 Å². The second-order valence-electron chi connectivity index (χ2n) is 3.90. The molecule has 1 aliphatic rings. The minimum Gasteiger partial charge on any atom is -0.326 e. The molecule has 0 spiro atoms. The van der Waals surface area contributed by atoms with Crippen molar-refractivity contribution >= 4 is 11.8 Å². The van der Waals surface area contributed by atoms with Gasteiger partial charge in [-0.1, -0.05) is 0 Å². The van der Waals surface area contributed by atoms with Crippen molar-refractivity contribution in [1.29, 1.82) is 0 Å². The lowest BCUT2D eigenvalue weighted by Gasteiger charge is -2.22. The summed E-state index contributed by atoms with van der Waals surface area (Å²) in [7, 11) is 0. The third-order valence-electron chi connectivity index (χ3n) is 2.86. The molecule has 5 nitrogen and oxygen atoms in total. The number of nitrogens with one attached hydrogen (secondary N) is 1. The van der Waals surface area contributed by atoms with E-state index in [1.807, 2.05) is 0 Å². The van der Waals surface area contributed by atoms with E-state index in [4.69, 9.17) is 5.73 Å². The fourth-order valence-corrected chi connectivity index (χ4v) is 1.98. The summed E-state index contributed by atoms with van der Waals surface area (Å²) in [5, 5.41) is 2.23. The molecule has 3 N–H and O–H groups in total. The molecule has 0 radical (unpaired) electrons. The number of hydrogen-bond acceptors (Lipinski definition) is 4. The summed E-state index contributed by atoms with van der Waals surface area (Å²) in [6, 6.07) is 0. The maximum absolute atomic E-state index is 13.5. The van der Waals surface area contributed by atoms with Crippen LogP contribution in [0.1, 0.15) is 29.9 Å². The fourth-order valence-electron chi connectivity index (χ4n) is 1.98. The lowest BCUT2D eigenvalue weighted by molar-refractivity contribution is -0.134. The molecule has 0 aliphatic carbocycles. The number of imide groups is 1. The van der Waals surface area contributed by atoms with Crippen LogP contribution in [0, 0.1) is 5.82 Å². The van der Waals surface area contributed by atoms with Gasteiger partial charge in [0.15, 0.2) is 0 Å². The first-order valence-electron chi connectivity index (χ1n) is 5.29. The molecule has 1 aromatic heterocycles. The van der Waals surface area contributed by atoms with E-state index in [2.05, 4.69) is 10.3 Å². The number of nitrogens with two attached hydrogens (primary N) is 1. The van der Waals surface area contributed by atoms with Gasteiger partial charge in [0, 0.05) is 24.7 Å². The number of nitrogens with zero attached hydrogens (tertiary/aromatic N) is 1. The van der Waals surface area contributed by atoms with Gasteiger partial charge in [-0.2, -0.15) is 0 Å². The van der Waals surface area contributed by atoms with Gasteiger partial charge in [0.1, 0.15) is 5.82 Å². The zero-order chi connectivity index (χ0) is 12.4. The van der Waals surface area contributed by atoms with E-state index in [1.54, 1.807) is 0 Å². The van der Waals surface area contributed by atoms with Crippen LogP contribution in [0.25, 0.3) is 0 Å². The van der Waals surface area contributed by atoms with Crippen molar-refractivity contribution in [2.45, 2.75) is 25.3 Å². The molecule has 2 heterocycles. The number of halogens is 1. The van der Waals surface area contributed by atoms with Gasteiger partial charge in [-0.3, -0.25) is 19.9 Å². The molecular formula is C11H12FN3O2. The van der Waals surface area contributed by atoms with E-state index >= 15 is 0 Å². The third-order valence-corrected chi connectivity index (χ3v) is 2.86. The zero-order valence-electron chi connectivity index (χ0n) is 9.07. The minimum absolute atomic E-state index is 0.00140. The molecule has 0 bridgehead atoms. The predicted octanol–water partition coefficient (Wildman–Crippen LogP) is 0.200. The molecule has 1 fully saturated rings. The second-order valence-corrected chi connectivity index (χ2v) is 3.90. The van der Waals surface area contributed by atoms with Crippen LogP contribution >= 0.6 is 0 Å². The van der Waals surface area contributed by atoms with Crippen molar-refractivity contribution in [3.05, 3.63) is 29.3 Å². The highest BCUT2D eigenvalue weighted by Gasteiger charge is 2.30. The Labute approximate surface area is 97.2 Å². The van der Waals surface area contributed by atoms with E-state index in [1.165, 1.54) is 6.20 Å². The van der Waals surface area contributed by atoms with E-state index in [-0.39, 0.29) is 24.4 Å². The monoisotopic (exact) mass is 237 g/mol. The van der Waals surface area contributed by atoms with Crippen LogP contribution in [-0.2, 0) is 16.1 Å². The van der Waals surface area contributed by atoms with E-state index in [9.17, 15) is 14.0 Å². The maximum Gasteiger partial charge on any atom is 0.234 e. The maximum atomic E-state index is 13.5. The first-order valence-corrected chi connectivity index (χ1v) is 5.29. The largest absolute Gasteiger partial charge is 0.326 e. The lowest BCUT2D eigenvalue weighted by atomic mass is 9.88. The van der Waals surface area contributed by atoms with Crippen LogP contribution in [0.15, 0.2) is 12.4 Å². The van der Waals surface area contributed by atoms with Gasteiger partial charge in [0.05, 0.1) is 12.1 Å². The molecule has 2 amide bonds. The molecule has 17 heavy (non-hydrogen) atoms. The Kier molecular flexibility index (Phi) is 3.14. The summed E-state index contributed by atoms with van der Waals surface area (Å²) in [5.74, 6) is -1.78. The summed E-state index contributed by atoms with van der Waals surface area (Å²) >= 11 is 0. The molecule has 1 atom stereocenters. The van der Waals surface area contributed by atoms with Crippen LogP contribution in [-0.4, -0.2) is 16.8 Å². The summed E-state index contributed by atoms with van der Waals surface area (Å²) < 4.78 is 13.5. The topological polar surface area (TPSA) is 85.1 Å². The van der Waals surface area contributed by atoms with Gasteiger partial charge in [-0.25, -0.2) is 4.39 Å². The predicted molar refractivity (Wildman–Crippen MR) is 57.2 cm³/mol. The molecule has 1 unspecified atom stereocenters. The van der Waals surface area contributed by atoms with Crippen molar-refractivity contribution in [3.8, 4) is 0 Å². The van der Waals surface area contributed by atoms with Gasteiger partial charge in [0.25, 0.3) is 0 Å². The number of rotatable bonds is 2. The first-order chi connectivity index (χ1) is 8.13. The molecule has 1 saturated heterocycles. The van der Waals surface area contributed by atoms with Crippen LogP contribution in [0.5, 0.6) is 0 Å². The number of carbonyl (C=O) groups excluding carboxylic acids is 2. The zero-order valence-corrected chi connectivity index (χ0v) is 9.07. The molecule has 2 rings (SSSR count). The average molecular weight is 237 g/mol. The van der Waals surface area contributed by atoms with Crippen LogP contribution in [0.2, 0.25) is 0 Å². The Morgan fingerprint density at radius 3 is 2.88 bits per heavy atom. The number of piperidine rings is 1. The quantitative estimate of drug-likeness (QED) is 0.719. The van der Waals surface area contributed by atoms with Gasteiger partial charge in [-0.05, 0) is 12.0 Å². The number of hydrogen-bond donors (Lipinski definition) is 2. The highest BCUT2D eigenvalue weighted by atomic mass is 19.1. The number of carbonyl (C=O) groups is 2. The molecule has 90 valence electrons. The van der Waals surface area contributed by atoms with Crippen molar-refractivity contribution in [1.82, 2.24) is 10.3 Å². The molecule has 1 aliphatic heterocycles. The Morgan fingerprint density at radius 1 is 1.47 bits per heavy atom. The third kappa shape index (κ3) is 2.16. The Balaban J connectivity index is 2.37. The molecular weight excluding hydrogens is 225 g/mol. The van der Waals surface area contributed by atoms with Gasteiger partial charge in [0.2, 0.25) is 11.8 Å². The number of amides is 2. The first kappa shape index (κ1) is 11.7. The molecule has 0 saturated carbocycles. The van der Waals surface area contributed by atoms with Crippen molar-refractivity contribution in [2.75, 3.05) is 0 Å². The van der Waals surface area contributed by atoms with Gasteiger partial charge >= 0.3 is 0 Å². The van der Waals surface area contributed by atoms with Crippen LogP contribution < -0.4 is 11.1 Å². The van der Waals surface area contributed by atoms with Crippen molar-refractivity contribution < 1.29 is 14.0 Å². The number of aromatic nitrogens is 1. The summed E-state index contributed by atoms with van der Waals surface area (Å²) in [4.78, 5) is 26.4. The Morgan fingerprint density at radius 2 is 2.24 bits per heavy atom. The van der Waals surface area contributed by atoms with Crippen molar-refractivity contribution in [3.63, 3.8) is 0 Å².